The monoisotopic (exact) mass is 339 g/mol. The van der Waals surface area contributed by atoms with Crippen molar-refractivity contribution >= 4 is 0 Å². The van der Waals surface area contributed by atoms with Gasteiger partial charge in [0.05, 0.1) is 7.11 Å². The van der Waals surface area contributed by atoms with E-state index in [1.54, 1.807) is 7.11 Å². The first-order chi connectivity index (χ1) is 12.3. The fourth-order valence-corrected chi connectivity index (χ4v) is 3.44. The second-order valence-electron chi connectivity index (χ2n) is 6.92. The molecule has 1 N–H and O–H groups in total. The van der Waals surface area contributed by atoms with Crippen LogP contribution in [-0.4, -0.2) is 13.2 Å². The maximum Gasteiger partial charge on any atom is 0.161 e. The molecule has 0 unspecified atom stereocenters. The van der Waals surface area contributed by atoms with Gasteiger partial charge < -0.3 is 14.8 Å². The summed E-state index contributed by atoms with van der Waals surface area (Å²) in [6.07, 6.45) is 6.70. The fraction of sp³-hybridized carbons (Fsp3) is 0.455. The van der Waals surface area contributed by atoms with Gasteiger partial charge in [0.2, 0.25) is 0 Å². The highest BCUT2D eigenvalue weighted by Crippen LogP contribution is 2.29. The molecule has 0 aliphatic heterocycles. The van der Waals surface area contributed by atoms with Gasteiger partial charge in [-0.25, -0.2) is 0 Å². The van der Waals surface area contributed by atoms with Gasteiger partial charge >= 0.3 is 0 Å². The maximum atomic E-state index is 6.00. The lowest BCUT2D eigenvalue weighted by Gasteiger charge is -2.23. The first-order valence-electron chi connectivity index (χ1n) is 9.34. The molecule has 2 aromatic rings. The summed E-state index contributed by atoms with van der Waals surface area (Å²) in [5.74, 6) is 1.60. The fourth-order valence-electron chi connectivity index (χ4n) is 3.44. The van der Waals surface area contributed by atoms with Gasteiger partial charge in [-0.3, -0.25) is 0 Å². The van der Waals surface area contributed by atoms with E-state index >= 15 is 0 Å². The van der Waals surface area contributed by atoms with E-state index in [-0.39, 0.29) is 0 Å². The zero-order valence-corrected chi connectivity index (χ0v) is 15.4. The van der Waals surface area contributed by atoms with Crippen LogP contribution in [0.4, 0.5) is 0 Å². The Labute approximate surface area is 151 Å². The lowest BCUT2D eigenvalue weighted by Crippen LogP contribution is -2.30. The Balaban J connectivity index is 1.60. The van der Waals surface area contributed by atoms with Gasteiger partial charge in [0.15, 0.2) is 11.5 Å². The first kappa shape index (κ1) is 17.8. The number of ether oxygens (including phenoxy) is 2. The average Bonchev–Trinajstić information content (AvgIpc) is 2.67. The summed E-state index contributed by atoms with van der Waals surface area (Å²) in [6, 6.07) is 15.2. The Morgan fingerprint density at radius 1 is 1.00 bits per heavy atom. The molecule has 0 amide bonds. The van der Waals surface area contributed by atoms with E-state index in [9.17, 15) is 0 Å². The molecule has 3 nitrogen and oxygen atoms in total. The summed E-state index contributed by atoms with van der Waals surface area (Å²) < 4.78 is 11.5. The summed E-state index contributed by atoms with van der Waals surface area (Å²) in [7, 11) is 1.70. The molecule has 1 fully saturated rings. The minimum Gasteiger partial charge on any atom is -0.493 e. The van der Waals surface area contributed by atoms with Gasteiger partial charge in [0, 0.05) is 12.6 Å². The third kappa shape index (κ3) is 4.99. The molecule has 3 heteroatoms. The van der Waals surface area contributed by atoms with Crippen LogP contribution in [-0.2, 0) is 13.2 Å². The van der Waals surface area contributed by atoms with Gasteiger partial charge in [0.25, 0.3) is 0 Å². The molecular weight excluding hydrogens is 310 g/mol. The van der Waals surface area contributed by atoms with Crippen molar-refractivity contribution in [1.29, 1.82) is 0 Å². The Bertz CT molecular complexity index is 677. The second kappa shape index (κ2) is 8.91. The van der Waals surface area contributed by atoms with Crippen LogP contribution in [0.5, 0.6) is 11.5 Å². The molecule has 134 valence electrons. The quantitative estimate of drug-likeness (QED) is 0.769. The number of aryl methyl sites for hydroxylation is 1. The van der Waals surface area contributed by atoms with Crippen LogP contribution >= 0.6 is 0 Å². The SMILES string of the molecule is COc1cc(CNC2CCCCC2)ccc1OCc1ccccc1C. The molecule has 0 saturated heterocycles. The molecule has 0 radical (unpaired) electrons. The van der Waals surface area contributed by atoms with Crippen molar-refractivity contribution in [2.75, 3.05) is 7.11 Å². The third-order valence-corrected chi connectivity index (χ3v) is 5.07. The average molecular weight is 339 g/mol. The zero-order chi connectivity index (χ0) is 17.5. The molecule has 0 atom stereocenters. The molecule has 0 aromatic heterocycles. The van der Waals surface area contributed by atoms with E-state index in [4.69, 9.17) is 9.47 Å². The summed E-state index contributed by atoms with van der Waals surface area (Å²) in [4.78, 5) is 0. The minimum absolute atomic E-state index is 0.558. The van der Waals surface area contributed by atoms with Crippen LogP contribution in [0, 0.1) is 6.92 Å². The number of nitrogens with one attached hydrogen (secondary N) is 1. The standard InChI is InChI=1S/C22H29NO2/c1-17-8-6-7-9-19(17)16-25-21-13-12-18(14-22(21)24-2)15-23-20-10-4-3-5-11-20/h6-9,12-14,20,23H,3-5,10-11,15-16H2,1-2H3. The van der Waals surface area contributed by atoms with Gasteiger partial charge in [0.1, 0.15) is 6.61 Å². The van der Waals surface area contributed by atoms with E-state index in [2.05, 4.69) is 36.5 Å². The lowest BCUT2D eigenvalue weighted by molar-refractivity contribution is 0.283. The summed E-state index contributed by atoms with van der Waals surface area (Å²) in [5, 5.41) is 3.68. The molecule has 2 aromatic carbocycles. The van der Waals surface area contributed by atoms with Crippen LogP contribution in [0.15, 0.2) is 42.5 Å². The molecular formula is C22H29NO2. The highest BCUT2D eigenvalue weighted by Gasteiger charge is 2.13. The zero-order valence-electron chi connectivity index (χ0n) is 15.4. The molecule has 3 rings (SSSR count). The molecule has 1 aliphatic rings. The van der Waals surface area contributed by atoms with Crippen molar-refractivity contribution in [3.05, 3.63) is 59.2 Å². The predicted octanol–water partition coefficient (Wildman–Crippen LogP) is 5.00. The second-order valence-corrected chi connectivity index (χ2v) is 6.92. The number of rotatable bonds is 7. The number of methoxy groups -OCH3 is 1. The molecule has 1 aliphatic carbocycles. The predicted molar refractivity (Wildman–Crippen MR) is 102 cm³/mol. The van der Waals surface area contributed by atoms with Gasteiger partial charge in [-0.2, -0.15) is 0 Å². The molecule has 1 saturated carbocycles. The Kier molecular flexibility index (Phi) is 6.35. The number of hydrogen-bond acceptors (Lipinski definition) is 3. The summed E-state index contributed by atoms with van der Waals surface area (Å²) in [6.45, 7) is 3.55. The summed E-state index contributed by atoms with van der Waals surface area (Å²) in [5.41, 5.74) is 3.69. The molecule has 0 spiro atoms. The molecule has 0 bridgehead atoms. The Hall–Kier alpha value is -2.00. The molecule has 0 heterocycles. The van der Waals surface area contributed by atoms with Gasteiger partial charge in [-0.1, -0.05) is 49.6 Å². The Morgan fingerprint density at radius 3 is 2.56 bits per heavy atom. The van der Waals surface area contributed by atoms with Crippen LogP contribution in [0.25, 0.3) is 0 Å². The topological polar surface area (TPSA) is 30.5 Å². The van der Waals surface area contributed by atoms with Crippen molar-refractivity contribution in [2.24, 2.45) is 0 Å². The lowest BCUT2D eigenvalue weighted by atomic mass is 9.95. The van der Waals surface area contributed by atoms with Gasteiger partial charge in [-0.15, -0.1) is 0 Å². The van der Waals surface area contributed by atoms with Crippen LogP contribution in [0.1, 0.15) is 48.8 Å². The van der Waals surface area contributed by atoms with Crippen LogP contribution in [0.2, 0.25) is 0 Å². The van der Waals surface area contributed by atoms with Gasteiger partial charge in [-0.05, 0) is 48.6 Å². The van der Waals surface area contributed by atoms with Crippen molar-refractivity contribution in [1.82, 2.24) is 5.32 Å². The van der Waals surface area contributed by atoms with E-state index in [0.717, 1.165) is 18.0 Å². The Morgan fingerprint density at radius 2 is 1.80 bits per heavy atom. The van der Waals surface area contributed by atoms with Crippen LogP contribution in [0.3, 0.4) is 0 Å². The number of benzene rings is 2. The van der Waals surface area contributed by atoms with Crippen molar-refractivity contribution in [3.8, 4) is 11.5 Å². The number of hydrogen-bond donors (Lipinski definition) is 1. The largest absolute Gasteiger partial charge is 0.493 e. The third-order valence-electron chi connectivity index (χ3n) is 5.07. The molecule has 25 heavy (non-hydrogen) atoms. The summed E-state index contributed by atoms with van der Waals surface area (Å²) >= 11 is 0. The van der Waals surface area contributed by atoms with E-state index in [1.807, 2.05) is 18.2 Å². The van der Waals surface area contributed by atoms with Crippen molar-refractivity contribution in [3.63, 3.8) is 0 Å². The van der Waals surface area contributed by atoms with Crippen molar-refractivity contribution < 1.29 is 9.47 Å². The highest BCUT2D eigenvalue weighted by atomic mass is 16.5. The smallest absolute Gasteiger partial charge is 0.161 e. The normalized spacial score (nSPS) is 15.1. The van der Waals surface area contributed by atoms with Crippen LogP contribution < -0.4 is 14.8 Å². The van der Waals surface area contributed by atoms with E-state index in [1.165, 1.54) is 48.8 Å². The maximum absolute atomic E-state index is 6.00. The van der Waals surface area contributed by atoms with Crippen molar-refractivity contribution in [2.45, 2.75) is 58.2 Å². The first-order valence-corrected chi connectivity index (χ1v) is 9.34. The van der Waals surface area contributed by atoms with E-state index < -0.39 is 0 Å². The minimum atomic E-state index is 0.558. The van der Waals surface area contributed by atoms with E-state index in [0.29, 0.717) is 12.6 Å². The highest BCUT2D eigenvalue weighted by molar-refractivity contribution is 5.43.